The SMILES string of the molecule is O=C(O)c1cc(F)ccc1Oc1cc(C(F)(F)F)ccn1. The summed E-state index contributed by atoms with van der Waals surface area (Å²) in [5, 5.41) is 8.90. The van der Waals surface area contributed by atoms with Crippen LogP contribution in [-0.2, 0) is 6.18 Å². The van der Waals surface area contributed by atoms with Crippen LogP contribution in [0, 0.1) is 5.82 Å². The Hall–Kier alpha value is -2.64. The molecule has 8 heteroatoms. The van der Waals surface area contributed by atoms with Crippen molar-refractivity contribution in [3.63, 3.8) is 0 Å². The van der Waals surface area contributed by atoms with Gasteiger partial charge >= 0.3 is 12.1 Å². The average molecular weight is 301 g/mol. The molecule has 1 N–H and O–H groups in total. The number of pyridine rings is 1. The first-order valence-corrected chi connectivity index (χ1v) is 5.51. The number of carboxylic acid groups (broad SMARTS) is 1. The minimum atomic E-state index is -4.58. The molecule has 110 valence electrons. The molecule has 1 aromatic heterocycles. The molecule has 21 heavy (non-hydrogen) atoms. The zero-order valence-corrected chi connectivity index (χ0v) is 10.2. The number of ether oxygens (including phenoxy) is 1. The number of rotatable bonds is 3. The number of halogens is 4. The number of aromatic nitrogens is 1. The molecule has 0 saturated carbocycles. The van der Waals surface area contributed by atoms with Gasteiger partial charge in [-0.1, -0.05) is 0 Å². The molecule has 0 amide bonds. The van der Waals surface area contributed by atoms with Gasteiger partial charge in [0.05, 0.1) is 5.56 Å². The first kappa shape index (κ1) is 14.8. The largest absolute Gasteiger partial charge is 0.478 e. The molecular weight excluding hydrogens is 294 g/mol. The normalized spacial score (nSPS) is 11.2. The number of carbonyl (C=O) groups is 1. The number of benzene rings is 1. The third kappa shape index (κ3) is 3.47. The predicted octanol–water partition coefficient (Wildman–Crippen LogP) is 3.73. The molecule has 1 heterocycles. The molecular formula is C13H7F4NO3. The summed E-state index contributed by atoms with van der Waals surface area (Å²) in [5.74, 6) is -3.04. The van der Waals surface area contributed by atoms with Crippen molar-refractivity contribution in [3.05, 3.63) is 53.5 Å². The number of nitrogens with zero attached hydrogens (tertiary/aromatic N) is 1. The van der Waals surface area contributed by atoms with Crippen LogP contribution in [0.25, 0.3) is 0 Å². The number of hydrogen-bond donors (Lipinski definition) is 1. The van der Waals surface area contributed by atoms with Crippen LogP contribution in [0.3, 0.4) is 0 Å². The van der Waals surface area contributed by atoms with Crippen molar-refractivity contribution in [3.8, 4) is 11.6 Å². The Morgan fingerprint density at radius 3 is 2.52 bits per heavy atom. The standard InChI is InChI=1S/C13H7F4NO3/c14-8-1-2-10(9(6-8)12(19)20)21-11-5-7(3-4-18-11)13(15,16)17/h1-6H,(H,19,20). The summed E-state index contributed by atoms with van der Waals surface area (Å²) in [5.41, 5.74) is -1.51. The fraction of sp³-hybridized carbons (Fsp3) is 0.0769. The lowest BCUT2D eigenvalue weighted by atomic mass is 10.2. The second-order valence-electron chi connectivity index (χ2n) is 3.93. The second kappa shape index (κ2) is 5.39. The van der Waals surface area contributed by atoms with Crippen LogP contribution in [0.2, 0.25) is 0 Å². The van der Waals surface area contributed by atoms with E-state index in [1.807, 2.05) is 0 Å². The molecule has 0 aliphatic carbocycles. The summed E-state index contributed by atoms with van der Waals surface area (Å²) in [6.45, 7) is 0. The van der Waals surface area contributed by atoms with Gasteiger partial charge in [-0.15, -0.1) is 0 Å². The monoisotopic (exact) mass is 301 g/mol. The van der Waals surface area contributed by atoms with Crippen molar-refractivity contribution < 1.29 is 32.2 Å². The van der Waals surface area contributed by atoms with Gasteiger partial charge in [-0.05, 0) is 24.3 Å². The van der Waals surface area contributed by atoms with E-state index in [1.165, 1.54) is 0 Å². The molecule has 0 radical (unpaired) electrons. The van der Waals surface area contributed by atoms with Crippen molar-refractivity contribution in [1.29, 1.82) is 0 Å². The van der Waals surface area contributed by atoms with Crippen molar-refractivity contribution >= 4 is 5.97 Å². The van der Waals surface area contributed by atoms with Crippen molar-refractivity contribution in [2.45, 2.75) is 6.18 Å². The van der Waals surface area contributed by atoms with Gasteiger partial charge in [-0.25, -0.2) is 14.2 Å². The molecule has 2 rings (SSSR count). The van der Waals surface area contributed by atoms with Crippen LogP contribution in [0.4, 0.5) is 17.6 Å². The second-order valence-corrected chi connectivity index (χ2v) is 3.93. The molecule has 0 fully saturated rings. The number of alkyl halides is 3. The molecule has 0 aliphatic rings. The molecule has 0 aliphatic heterocycles. The lowest BCUT2D eigenvalue weighted by Gasteiger charge is -2.10. The zero-order valence-electron chi connectivity index (χ0n) is 10.2. The fourth-order valence-electron chi connectivity index (χ4n) is 1.51. The summed E-state index contributed by atoms with van der Waals surface area (Å²) in [7, 11) is 0. The highest BCUT2D eigenvalue weighted by atomic mass is 19.4. The summed E-state index contributed by atoms with van der Waals surface area (Å²) in [4.78, 5) is 14.5. The molecule has 1 aromatic carbocycles. The van der Waals surface area contributed by atoms with Crippen molar-refractivity contribution in [2.75, 3.05) is 0 Å². The van der Waals surface area contributed by atoms with E-state index >= 15 is 0 Å². The highest BCUT2D eigenvalue weighted by molar-refractivity contribution is 5.90. The van der Waals surface area contributed by atoms with Gasteiger partial charge in [0.2, 0.25) is 5.88 Å². The van der Waals surface area contributed by atoms with Crippen LogP contribution < -0.4 is 4.74 Å². The van der Waals surface area contributed by atoms with Gasteiger partial charge in [-0.2, -0.15) is 13.2 Å². The highest BCUT2D eigenvalue weighted by Crippen LogP contribution is 2.32. The van der Waals surface area contributed by atoms with E-state index in [-0.39, 0.29) is 5.75 Å². The van der Waals surface area contributed by atoms with Gasteiger partial charge in [0.25, 0.3) is 0 Å². The molecule has 0 spiro atoms. The number of aromatic carboxylic acids is 1. The number of carboxylic acids is 1. The third-order valence-corrected chi connectivity index (χ3v) is 2.45. The van der Waals surface area contributed by atoms with Crippen molar-refractivity contribution in [2.24, 2.45) is 0 Å². The van der Waals surface area contributed by atoms with E-state index in [4.69, 9.17) is 9.84 Å². The molecule has 2 aromatic rings. The Balaban J connectivity index is 2.37. The van der Waals surface area contributed by atoms with Gasteiger partial charge in [0.1, 0.15) is 17.1 Å². The Morgan fingerprint density at radius 1 is 1.19 bits per heavy atom. The Kier molecular flexibility index (Phi) is 3.79. The minimum Gasteiger partial charge on any atom is -0.478 e. The lowest BCUT2D eigenvalue weighted by Crippen LogP contribution is -2.06. The molecule has 0 saturated heterocycles. The zero-order chi connectivity index (χ0) is 15.6. The summed E-state index contributed by atoms with van der Waals surface area (Å²) in [6.07, 6.45) is -3.71. The van der Waals surface area contributed by atoms with Gasteiger partial charge < -0.3 is 9.84 Å². The maximum Gasteiger partial charge on any atom is 0.416 e. The third-order valence-electron chi connectivity index (χ3n) is 2.45. The smallest absolute Gasteiger partial charge is 0.416 e. The van der Waals surface area contributed by atoms with Crippen LogP contribution >= 0.6 is 0 Å². The topological polar surface area (TPSA) is 59.4 Å². The van der Waals surface area contributed by atoms with E-state index in [0.29, 0.717) is 12.1 Å². The Bertz CT molecular complexity index is 685. The van der Waals surface area contributed by atoms with E-state index < -0.39 is 35.0 Å². The molecule has 0 bridgehead atoms. The van der Waals surface area contributed by atoms with Gasteiger partial charge in [0, 0.05) is 12.3 Å². The average Bonchev–Trinajstić information content (AvgIpc) is 2.40. The fourth-order valence-corrected chi connectivity index (χ4v) is 1.51. The number of hydrogen-bond acceptors (Lipinski definition) is 3. The van der Waals surface area contributed by atoms with E-state index in [2.05, 4.69) is 4.98 Å². The van der Waals surface area contributed by atoms with E-state index in [0.717, 1.165) is 24.4 Å². The molecule has 0 unspecified atom stereocenters. The van der Waals surface area contributed by atoms with Crippen LogP contribution in [0.15, 0.2) is 36.5 Å². The van der Waals surface area contributed by atoms with Gasteiger partial charge in [0.15, 0.2) is 0 Å². The molecule has 0 atom stereocenters. The predicted molar refractivity (Wildman–Crippen MR) is 62.7 cm³/mol. The quantitative estimate of drug-likeness (QED) is 0.878. The first-order valence-electron chi connectivity index (χ1n) is 5.51. The molecule has 4 nitrogen and oxygen atoms in total. The van der Waals surface area contributed by atoms with Crippen molar-refractivity contribution in [1.82, 2.24) is 4.98 Å². The van der Waals surface area contributed by atoms with E-state index in [1.54, 1.807) is 0 Å². The first-order chi connectivity index (χ1) is 9.77. The lowest BCUT2D eigenvalue weighted by molar-refractivity contribution is -0.137. The van der Waals surface area contributed by atoms with Gasteiger partial charge in [-0.3, -0.25) is 0 Å². The summed E-state index contributed by atoms with van der Waals surface area (Å²) in [6, 6.07) is 3.99. The van der Waals surface area contributed by atoms with Crippen LogP contribution in [-0.4, -0.2) is 16.1 Å². The van der Waals surface area contributed by atoms with Crippen LogP contribution in [0.1, 0.15) is 15.9 Å². The van der Waals surface area contributed by atoms with Crippen LogP contribution in [0.5, 0.6) is 11.6 Å². The summed E-state index contributed by atoms with van der Waals surface area (Å²) >= 11 is 0. The highest BCUT2D eigenvalue weighted by Gasteiger charge is 2.31. The van der Waals surface area contributed by atoms with E-state index in [9.17, 15) is 22.4 Å². The maximum absolute atomic E-state index is 13.0. The maximum atomic E-state index is 13.0. The Morgan fingerprint density at radius 2 is 1.90 bits per heavy atom. The summed E-state index contributed by atoms with van der Waals surface area (Å²) < 4.78 is 55.6. The minimum absolute atomic E-state index is 0.310. The Labute approximate surface area is 115 Å².